The van der Waals surface area contributed by atoms with Crippen LogP contribution in [0.1, 0.15) is 23.1 Å². The molecule has 0 unspecified atom stereocenters. The van der Waals surface area contributed by atoms with Crippen molar-refractivity contribution in [3.63, 3.8) is 0 Å². The maximum absolute atomic E-state index is 14.3. The molecule has 9 rings (SSSR count). The molecule has 4 amide bonds. The molecule has 6 heteroatoms. The fourth-order valence-electron chi connectivity index (χ4n) is 8.56. The van der Waals surface area contributed by atoms with E-state index in [0.29, 0.717) is 17.8 Å². The Morgan fingerprint density at radius 1 is 0.595 bits per heavy atom. The van der Waals surface area contributed by atoms with E-state index in [2.05, 4.69) is 12.2 Å². The Balaban J connectivity index is 1.29. The van der Waals surface area contributed by atoms with Gasteiger partial charge in [0.05, 0.1) is 35.0 Å². The molecule has 3 fully saturated rings. The molecule has 2 aliphatic heterocycles. The van der Waals surface area contributed by atoms with E-state index in [1.807, 2.05) is 92.7 Å². The van der Waals surface area contributed by atoms with Gasteiger partial charge in [-0.25, -0.2) is 4.90 Å². The number of hydrogen-bond acceptors (Lipinski definition) is 4. The number of carbonyl (C=O) groups is 4. The summed E-state index contributed by atoms with van der Waals surface area (Å²) in [6.45, 7) is 3.89. The van der Waals surface area contributed by atoms with Crippen LogP contribution in [-0.4, -0.2) is 23.6 Å². The second-order valence-electron chi connectivity index (χ2n) is 12.4. The van der Waals surface area contributed by atoms with Gasteiger partial charge in [-0.2, -0.15) is 0 Å². The lowest BCUT2D eigenvalue weighted by Gasteiger charge is -2.51. The Hall–Kier alpha value is -4.58. The van der Waals surface area contributed by atoms with Crippen LogP contribution in [0.5, 0.6) is 0 Å². The number of benzene rings is 3. The normalized spacial score (nSPS) is 31.1. The van der Waals surface area contributed by atoms with Gasteiger partial charge in [-0.1, -0.05) is 72.3 Å². The smallest absolute Gasteiger partial charge is 0.238 e. The minimum absolute atomic E-state index is 0.175. The van der Waals surface area contributed by atoms with Crippen molar-refractivity contribution in [2.45, 2.75) is 20.3 Å². The number of anilines is 2. The van der Waals surface area contributed by atoms with Crippen molar-refractivity contribution in [3.05, 3.63) is 113 Å². The van der Waals surface area contributed by atoms with Gasteiger partial charge in [0.1, 0.15) is 0 Å². The van der Waals surface area contributed by atoms with Crippen molar-refractivity contribution in [1.29, 1.82) is 0 Å². The van der Waals surface area contributed by atoms with Crippen molar-refractivity contribution in [3.8, 4) is 0 Å². The number of amides is 4. The van der Waals surface area contributed by atoms with Gasteiger partial charge in [0, 0.05) is 11.8 Å². The third-order valence-electron chi connectivity index (χ3n) is 10.2. The van der Waals surface area contributed by atoms with Crippen LogP contribution in [0.2, 0.25) is 0 Å². The summed E-state index contributed by atoms with van der Waals surface area (Å²) >= 11 is 0. The molecule has 2 bridgehead atoms. The fraction of sp³-hybridized carbons (Fsp3) is 0.278. The lowest BCUT2D eigenvalue weighted by Crippen LogP contribution is -2.51. The molecular weight excluding hydrogens is 524 g/mol. The number of imide groups is 2. The second kappa shape index (κ2) is 8.96. The highest BCUT2D eigenvalue weighted by atomic mass is 16.2. The summed E-state index contributed by atoms with van der Waals surface area (Å²) in [6.07, 6.45) is 4.58. The summed E-state index contributed by atoms with van der Waals surface area (Å²) in [6, 6.07) is 25.0. The predicted molar refractivity (Wildman–Crippen MR) is 159 cm³/mol. The third-order valence-corrected chi connectivity index (χ3v) is 10.2. The number of aryl methyl sites for hydroxylation is 2. The first kappa shape index (κ1) is 25.2. The SMILES string of the molecule is Cc1cccc(N2C(=O)[C@@H]3[C@H]4C=C[C@@H](C5=C(c6ccccc6)C[C@@H]6C(=O)N(c7cccc(C)c7)C(=O)[C@H]6[C@H]54)[C@H]3C2=O)c1. The summed E-state index contributed by atoms with van der Waals surface area (Å²) < 4.78 is 0. The first-order valence-corrected chi connectivity index (χ1v) is 14.7. The van der Waals surface area contributed by atoms with E-state index < -0.39 is 23.7 Å². The Labute approximate surface area is 244 Å². The number of hydrogen-bond donors (Lipinski definition) is 0. The topological polar surface area (TPSA) is 74.8 Å². The van der Waals surface area contributed by atoms with Crippen molar-refractivity contribution in [1.82, 2.24) is 0 Å². The van der Waals surface area contributed by atoms with Gasteiger partial charge in [0.2, 0.25) is 23.6 Å². The highest BCUT2D eigenvalue weighted by Gasteiger charge is 2.67. The zero-order valence-corrected chi connectivity index (χ0v) is 23.4. The zero-order chi connectivity index (χ0) is 28.9. The molecular formula is C36H30N2O4. The van der Waals surface area contributed by atoms with E-state index in [4.69, 9.17) is 0 Å². The van der Waals surface area contributed by atoms with Crippen LogP contribution in [0, 0.1) is 55.3 Å². The molecule has 6 nitrogen and oxygen atoms in total. The van der Waals surface area contributed by atoms with Crippen LogP contribution in [-0.2, 0) is 19.2 Å². The molecule has 208 valence electrons. The van der Waals surface area contributed by atoms with Gasteiger partial charge in [0.25, 0.3) is 0 Å². The van der Waals surface area contributed by atoms with Gasteiger partial charge >= 0.3 is 0 Å². The van der Waals surface area contributed by atoms with E-state index >= 15 is 0 Å². The molecule has 2 saturated heterocycles. The molecule has 2 heterocycles. The Morgan fingerprint density at radius 2 is 1.19 bits per heavy atom. The van der Waals surface area contributed by atoms with E-state index in [-0.39, 0.29) is 41.4 Å². The highest BCUT2D eigenvalue weighted by molar-refractivity contribution is 6.24. The summed E-state index contributed by atoms with van der Waals surface area (Å²) in [4.78, 5) is 59.3. The van der Waals surface area contributed by atoms with Gasteiger partial charge in [-0.3, -0.25) is 24.1 Å². The van der Waals surface area contributed by atoms with Crippen molar-refractivity contribution < 1.29 is 19.2 Å². The van der Waals surface area contributed by atoms with E-state index in [1.54, 1.807) is 0 Å². The molecule has 4 aliphatic carbocycles. The van der Waals surface area contributed by atoms with Crippen LogP contribution in [0.15, 0.2) is 96.6 Å². The molecule has 0 spiro atoms. The van der Waals surface area contributed by atoms with Crippen LogP contribution >= 0.6 is 0 Å². The molecule has 1 saturated carbocycles. The number of rotatable bonds is 3. The predicted octanol–water partition coefficient (Wildman–Crippen LogP) is 5.50. The van der Waals surface area contributed by atoms with Gasteiger partial charge < -0.3 is 0 Å². The second-order valence-corrected chi connectivity index (χ2v) is 12.4. The van der Waals surface area contributed by atoms with Crippen molar-refractivity contribution in [2.75, 3.05) is 9.80 Å². The lowest BCUT2D eigenvalue weighted by molar-refractivity contribution is -0.129. The molecule has 7 atom stereocenters. The molecule has 3 aromatic carbocycles. The minimum atomic E-state index is -0.574. The van der Waals surface area contributed by atoms with Crippen LogP contribution in [0.25, 0.3) is 5.57 Å². The molecule has 42 heavy (non-hydrogen) atoms. The van der Waals surface area contributed by atoms with E-state index in [1.165, 1.54) is 9.80 Å². The van der Waals surface area contributed by atoms with Crippen LogP contribution in [0.4, 0.5) is 11.4 Å². The van der Waals surface area contributed by atoms with Crippen LogP contribution in [0.3, 0.4) is 0 Å². The van der Waals surface area contributed by atoms with Gasteiger partial charge in [-0.05, 0) is 72.7 Å². The molecule has 0 N–H and O–H groups in total. The number of carbonyl (C=O) groups excluding carboxylic acids is 4. The Morgan fingerprint density at radius 3 is 1.83 bits per heavy atom. The first-order chi connectivity index (χ1) is 20.3. The first-order valence-electron chi connectivity index (χ1n) is 14.7. The maximum Gasteiger partial charge on any atom is 0.238 e. The fourth-order valence-corrected chi connectivity index (χ4v) is 8.56. The molecule has 0 radical (unpaired) electrons. The summed E-state index contributed by atoms with van der Waals surface area (Å²) in [5.74, 6) is -3.90. The summed E-state index contributed by atoms with van der Waals surface area (Å²) in [5.41, 5.74) is 6.25. The standard InChI is InChI=1S/C36H30N2O4/c1-19-8-6-12-22(16-19)37-33(39)27-18-26(21-10-4-3-5-11-21)28-24-14-15-25(29(28)32(27)36(37)42)31-30(24)34(40)38(35(31)41)23-13-7-9-20(2)17-23/h3-17,24-25,27,29-32H,18H2,1-2H3/t24-,25-,27-,29-,30+,31+,32+/m0/s1. The Bertz CT molecular complexity index is 1770. The third kappa shape index (κ3) is 3.32. The number of fused-ring (bicyclic) bond motifs is 1. The number of allylic oxidation sites excluding steroid dienone is 4. The molecule has 0 aromatic heterocycles. The summed E-state index contributed by atoms with van der Waals surface area (Å²) in [7, 11) is 0. The average molecular weight is 555 g/mol. The zero-order valence-electron chi connectivity index (χ0n) is 23.4. The summed E-state index contributed by atoms with van der Waals surface area (Å²) in [5, 5.41) is 0. The van der Waals surface area contributed by atoms with E-state index in [0.717, 1.165) is 27.8 Å². The minimum Gasteiger partial charge on any atom is -0.274 e. The molecule has 3 aromatic rings. The number of nitrogens with zero attached hydrogens (tertiary/aromatic N) is 2. The van der Waals surface area contributed by atoms with Gasteiger partial charge in [-0.15, -0.1) is 0 Å². The monoisotopic (exact) mass is 554 g/mol. The molecule has 6 aliphatic rings. The Kier molecular flexibility index (Phi) is 5.37. The van der Waals surface area contributed by atoms with Crippen molar-refractivity contribution >= 4 is 40.6 Å². The highest BCUT2D eigenvalue weighted by Crippen LogP contribution is 2.63. The average Bonchev–Trinajstić information content (AvgIpc) is 3.42. The van der Waals surface area contributed by atoms with Gasteiger partial charge in [0.15, 0.2) is 0 Å². The maximum atomic E-state index is 14.3. The lowest BCUT2D eigenvalue weighted by atomic mass is 9.49. The largest absolute Gasteiger partial charge is 0.274 e. The van der Waals surface area contributed by atoms with Crippen molar-refractivity contribution in [2.24, 2.45) is 41.4 Å². The van der Waals surface area contributed by atoms with E-state index in [9.17, 15) is 19.2 Å². The van der Waals surface area contributed by atoms with Crippen LogP contribution < -0.4 is 9.80 Å². The quantitative estimate of drug-likeness (QED) is 0.316.